The van der Waals surface area contributed by atoms with Crippen molar-refractivity contribution in [2.45, 2.75) is 59.5 Å². The van der Waals surface area contributed by atoms with Crippen LogP contribution in [0, 0.1) is 5.41 Å². The van der Waals surface area contributed by atoms with Crippen molar-refractivity contribution in [1.29, 1.82) is 0 Å². The van der Waals surface area contributed by atoms with E-state index in [0.717, 1.165) is 0 Å². The molecule has 2 atom stereocenters. The van der Waals surface area contributed by atoms with Crippen molar-refractivity contribution < 1.29 is 14.4 Å². The van der Waals surface area contributed by atoms with Gasteiger partial charge in [0.2, 0.25) is 0 Å². The highest BCUT2D eigenvalue weighted by molar-refractivity contribution is 5.80. The molecule has 1 rings (SSSR count). The lowest BCUT2D eigenvalue weighted by Gasteiger charge is -2.37. The molecule has 1 saturated heterocycles. The van der Waals surface area contributed by atoms with E-state index < -0.39 is 5.41 Å². The minimum atomic E-state index is -0.513. The second kappa shape index (κ2) is 4.53. The molecule has 0 amide bonds. The zero-order chi connectivity index (χ0) is 12.5. The standard InChI is InChI=1S/C12H21NO3/c1-8-6-10(14)7-9(2)13(8)16-11(15)12(3,4)5/h8-9H,6-7H2,1-5H3. The lowest BCUT2D eigenvalue weighted by Crippen LogP contribution is -2.49. The van der Waals surface area contributed by atoms with Crippen LogP contribution in [-0.4, -0.2) is 28.9 Å². The predicted octanol–water partition coefficient (Wildman–Crippen LogP) is 1.93. The summed E-state index contributed by atoms with van der Waals surface area (Å²) in [6.07, 6.45) is 0.920. The minimum absolute atomic E-state index is 0.0254. The van der Waals surface area contributed by atoms with E-state index in [1.54, 1.807) is 5.06 Å². The Labute approximate surface area is 96.9 Å². The number of hydroxylamine groups is 2. The van der Waals surface area contributed by atoms with Gasteiger partial charge in [-0.25, -0.2) is 4.79 Å². The maximum Gasteiger partial charge on any atom is 0.330 e. The van der Waals surface area contributed by atoms with Crippen molar-refractivity contribution in [3.63, 3.8) is 0 Å². The number of carbonyl (C=O) groups excluding carboxylic acids is 2. The van der Waals surface area contributed by atoms with Crippen LogP contribution >= 0.6 is 0 Å². The van der Waals surface area contributed by atoms with E-state index in [1.165, 1.54) is 0 Å². The Hall–Kier alpha value is -0.900. The fourth-order valence-corrected chi connectivity index (χ4v) is 1.77. The first-order valence-corrected chi connectivity index (χ1v) is 5.74. The van der Waals surface area contributed by atoms with E-state index in [-0.39, 0.29) is 23.8 Å². The van der Waals surface area contributed by atoms with Crippen LogP contribution in [0.4, 0.5) is 0 Å². The smallest absolute Gasteiger partial charge is 0.330 e. The average Bonchev–Trinajstić information content (AvgIpc) is 2.08. The molecule has 4 heteroatoms. The third-order valence-corrected chi connectivity index (χ3v) is 2.72. The van der Waals surface area contributed by atoms with Gasteiger partial charge in [-0.2, -0.15) is 0 Å². The van der Waals surface area contributed by atoms with Crippen LogP contribution in [0.5, 0.6) is 0 Å². The van der Waals surface area contributed by atoms with Gasteiger partial charge in [-0.15, -0.1) is 5.06 Å². The van der Waals surface area contributed by atoms with Crippen molar-refractivity contribution in [1.82, 2.24) is 5.06 Å². The summed E-state index contributed by atoms with van der Waals surface area (Å²) in [5, 5.41) is 1.66. The highest BCUT2D eigenvalue weighted by Crippen LogP contribution is 2.24. The zero-order valence-electron chi connectivity index (χ0n) is 10.7. The van der Waals surface area contributed by atoms with E-state index in [2.05, 4.69) is 0 Å². The van der Waals surface area contributed by atoms with Gasteiger partial charge in [-0.1, -0.05) is 0 Å². The van der Waals surface area contributed by atoms with Gasteiger partial charge in [0, 0.05) is 12.8 Å². The summed E-state index contributed by atoms with van der Waals surface area (Å²) < 4.78 is 0. The number of piperidine rings is 1. The third kappa shape index (κ3) is 3.04. The summed E-state index contributed by atoms with van der Waals surface area (Å²) in [6, 6.07) is -0.0508. The summed E-state index contributed by atoms with van der Waals surface area (Å²) in [5.41, 5.74) is -0.513. The first-order valence-electron chi connectivity index (χ1n) is 5.74. The number of hydrogen-bond donors (Lipinski definition) is 0. The molecule has 0 aromatic heterocycles. The molecule has 4 nitrogen and oxygen atoms in total. The van der Waals surface area contributed by atoms with E-state index in [9.17, 15) is 9.59 Å². The molecule has 2 unspecified atom stereocenters. The molecule has 1 fully saturated rings. The Kier molecular flexibility index (Phi) is 3.73. The molecule has 0 aromatic carbocycles. The Morgan fingerprint density at radius 2 is 1.69 bits per heavy atom. The quantitative estimate of drug-likeness (QED) is 0.686. The highest BCUT2D eigenvalue weighted by atomic mass is 16.7. The fraction of sp³-hybridized carbons (Fsp3) is 0.833. The molecule has 0 aliphatic carbocycles. The maximum atomic E-state index is 11.8. The predicted molar refractivity (Wildman–Crippen MR) is 60.6 cm³/mol. The van der Waals surface area contributed by atoms with Gasteiger partial charge in [0.15, 0.2) is 0 Å². The van der Waals surface area contributed by atoms with Crippen molar-refractivity contribution in [3.8, 4) is 0 Å². The first kappa shape index (κ1) is 13.2. The van der Waals surface area contributed by atoms with Crippen LogP contribution in [0.1, 0.15) is 47.5 Å². The topological polar surface area (TPSA) is 46.6 Å². The van der Waals surface area contributed by atoms with E-state index >= 15 is 0 Å². The molecular formula is C12H21NO3. The summed E-state index contributed by atoms with van der Waals surface area (Å²) >= 11 is 0. The number of ketones is 1. The molecule has 0 N–H and O–H groups in total. The van der Waals surface area contributed by atoms with Crippen LogP contribution in [0.3, 0.4) is 0 Å². The second-order valence-corrected chi connectivity index (χ2v) is 5.63. The van der Waals surface area contributed by atoms with Gasteiger partial charge in [-0.05, 0) is 34.6 Å². The van der Waals surface area contributed by atoms with Crippen molar-refractivity contribution in [2.24, 2.45) is 5.41 Å². The Bertz CT molecular complexity index is 279. The molecule has 1 aliphatic heterocycles. The highest BCUT2D eigenvalue weighted by Gasteiger charge is 2.35. The maximum absolute atomic E-state index is 11.8. The molecule has 0 aromatic rings. The zero-order valence-corrected chi connectivity index (χ0v) is 10.7. The number of rotatable bonds is 1. The molecule has 0 spiro atoms. The van der Waals surface area contributed by atoms with Gasteiger partial charge >= 0.3 is 5.97 Å². The molecular weight excluding hydrogens is 206 g/mol. The monoisotopic (exact) mass is 227 g/mol. The molecule has 1 heterocycles. The summed E-state index contributed by atoms with van der Waals surface area (Å²) in [6.45, 7) is 9.27. The number of nitrogens with zero attached hydrogens (tertiary/aromatic N) is 1. The lowest BCUT2D eigenvalue weighted by atomic mass is 9.97. The third-order valence-electron chi connectivity index (χ3n) is 2.72. The van der Waals surface area contributed by atoms with Gasteiger partial charge < -0.3 is 4.84 Å². The molecule has 0 saturated carbocycles. The Morgan fingerprint density at radius 1 is 1.25 bits per heavy atom. The molecule has 92 valence electrons. The SMILES string of the molecule is CC1CC(=O)CC(C)N1OC(=O)C(C)(C)C. The molecule has 1 aliphatic rings. The summed E-state index contributed by atoms with van der Waals surface area (Å²) in [5.74, 6) is -0.0105. The minimum Gasteiger partial charge on any atom is -0.367 e. The first-order chi connectivity index (χ1) is 7.21. The van der Waals surface area contributed by atoms with Gasteiger partial charge in [0.1, 0.15) is 5.78 Å². The molecule has 16 heavy (non-hydrogen) atoms. The van der Waals surface area contributed by atoms with Gasteiger partial charge in [-0.3, -0.25) is 4.79 Å². The van der Waals surface area contributed by atoms with Crippen molar-refractivity contribution in [2.75, 3.05) is 0 Å². The Morgan fingerprint density at radius 3 is 2.06 bits per heavy atom. The number of carbonyl (C=O) groups is 2. The average molecular weight is 227 g/mol. The summed E-state index contributed by atoms with van der Waals surface area (Å²) in [4.78, 5) is 28.5. The van der Waals surface area contributed by atoms with Gasteiger partial charge in [0.05, 0.1) is 17.5 Å². The van der Waals surface area contributed by atoms with Crippen LogP contribution in [0.15, 0.2) is 0 Å². The molecule has 0 radical (unpaired) electrons. The number of Topliss-reactive ketones (excluding diaryl/α,β-unsaturated/α-hetero) is 1. The molecule has 0 bridgehead atoms. The van der Waals surface area contributed by atoms with Crippen molar-refractivity contribution >= 4 is 11.8 Å². The van der Waals surface area contributed by atoms with Crippen LogP contribution in [0.2, 0.25) is 0 Å². The van der Waals surface area contributed by atoms with E-state index in [0.29, 0.717) is 12.8 Å². The Balaban J connectivity index is 2.66. The fourth-order valence-electron chi connectivity index (χ4n) is 1.77. The second-order valence-electron chi connectivity index (χ2n) is 5.63. The normalized spacial score (nSPS) is 27.9. The van der Waals surface area contributed by atoms with Crippen LogP contribution < -0.4 is 0 Å². The van der Waals surface area contributed by atoms with E-state index in [1.807, 2.05) is 34.6 Å². The number of hydrogen-bond acceptors (Lipinski definition) is 4. The van der Waals surface area contributed by atoms with Crippen LogP contribution in [-0.2, 0) is 14.4 Å². The van der Waals surface area contributed by atoms with Gasteiger partial charge in [0.25, 0.3) is 0 Å². The summed E-state index contributed by atoms with van der Waals surface area (Å²) in [7, 11) is 0. The van der Waals surface area contributed by atoms with E-state index in [4.69, 9.17) is 4.84 Å². The largest absolute Gasteiger partial charge is 0.367 e. The van der Waals surface area contributed by atoms with Crippen molar-refractivity contribution in [3.05, 3.63) is 0 Å². The lowest BCUT2D eigenvalue weighted by molar-refractivity contribution is -0.227. The van der Waals surface area contributed by atoms with Crippen LogP contribution in [0.25, 0.3) is 0 Å².